The van der Waals surface area contributed by atoms with Gasteiger partial charge in [0.15, 0.2) is 6.17 Å². The lowest BCUT2D eigenvalue weighted by molar-refractivity contribution is -0.155. The Balaban J connectivity index is 2.15. The van der Waals surface area contributed by atoms with Crippen LogP contribution < -0.4 is 0 Å². The Morgan fingerprint density at radius 1 is 1.12 bits per heavy atom. The molecule has 0 aromatic heterocycles. The maximum atomic E-state index is 13.7. The third kappa shape index (κ3) is 9.03. The highest BCUT2D eigenvalue weighted by atomic mass is 19.1. The molecule has 0 N–H and O–H groups in total. The first-order valence-corrected chi connectivity index (χ1v) is 8.81. The molecule has 0 aliphatic heterocycles. The number of alkyl halides is 1. The Morgan fingerprint density at radius 3 is 2.44 bits per heavy atom. The van der Waals surface area contributed by atoms with Gasteiger partial charge in [0, 0.05) is 6.08 Å². The minimum absolute atomic E-state index is 0.0797. The van der Waals surface area contributed by atoms with Gasteiger partial charge in [-0.3, -0.25) is 0 Å². The van der Waals surface area contributed by atoms with E-state index in [9.17, 15) is 14.0 Å². The Kier molecular flexibility index (Phi) is 10.2. The van der Waals surface area contributed by atoms with Crippen LogP contribution in [0.3, 0.4) is 0 Å². The highest BCUT2D eigenvalue weighted by Gasteiger charge is 2.21. The number of carbonyl (C=O) groups is 2. The van der Waals surface area contributed by atoms with Gasteiger partial charge in [0.2, 0.25) is 0 Å². The van der Waals surface area contributed by atoms with Crippen LogP contribution in [0.4, 0.5) is 4.39 Å². The highest BCUT2D eigenvalue weighted by molar-refractivity contribution is 5.87. The second-order valence-electron chi connectivity index (χ2n) is 5.75. The molecule has 0 heterocycles. The Morgan fingerprint density at radius 2 is 1.80 bits per heavy atom. The van der Waals surface area contributed by atoms with Crippen LogP contribution in [0.2, 0.25) is 0 Å². The normalized spacial score (nSPS) is 12.3. The van der Waals surface area contributed by atoms with Crippen molar-refractivity contribution in [2.24, 2.45) is 0 Å². The lowest BCUT2D eigenvalue weighted by atomic mass is 10.1. The first-order chi connectivity index (χ1) is 12.1. The van der Waals surface area contributed by atoms with Gasteiger partial charge >= 0.3 is 11.9 Å². The molecule has 1 rings (SSSR count). The average Bonchev–Trinajstić information content (AvgIpc) is 2.64. The van der Waals surface area contributed by atoms with Gasteiger partial charge in [-0.25, -0.2) is 14.0 Å². The van der Waals surface area contributed by atoms with E-state index >= 15 is 0 Å². The number of rotatable bonds is 11. The predicted octanol–water partition coefficient (Wildman–Crippen LogP) is 4.48. The number of unbranched alkanes of at least 4 members (excludes halogenated alkanes) is 1. The maximum absolute atomic E-state index is 13.7. The van der Waals surface area contributed by atoms with E-state index in [0.29, 0.717) is 25.7 Å². The molecule has 0 aliphatic rings. The largest absolute Gasteiger partial charge is 0.463 e. The van der Waals surface area contributed by atoms with E-state index in [-0.39, 0.29) is 19.1 Å². The van der Waals surface area contributed by atoms with Gasteiger partial charge in [-0.1, -0.05) is 44.2 Å². The van der Waals surface area contributed by atoms with Crippen molar-refractivity contribution in [1.29, 1.82) is 0 Å². The van der Waals surface area contributed by atoms with Crippen molar-refractivity contribution in [3.63, 3.8) is 0 Å². The summed E-state index contributed by atoms with van der Waals surface area (Å²) in [6, 6.07) is 9.42. The highest BCUT2D eigenvalue weighted by Crippen LogP contribution is 2.11. The van der Waals surface area contributed by atoms with Crippen LogP contribution in [-0.4, -0.2) is 30.8 Å². The van der Waals surface area contributed by atoms with Crippen molar-refractivity contribution in [1.82, 2.24) is 0 Å². The van der Waals surface area contributed by atoms with Crippen molar-refractivity contribution in [2.75, 3.05) is 6.61 Å². The van der Waals surface area contributed by atoms with Crippen molar-refractivity contribution in [3.8, 4) is 0 Å². The second-order valence-corrected chi connectivity index (χ2v) is 5.75. The van der Waals surface area contributed by atoms with Crippen molar-refractivity contribution in [3.05, 3.63) is 42.0 Å². The second kappa shape index (κ2) is 12.2. The molecular formula is C20H27FO4. The molecule has 0 saturated heterocycles. The van der Waals surface area contributed by atoms with Crippen LogP contribution in [0, 0.1) is 0 Å². The molecule has 0 amide bonds. The maximum Gasteiger partial charge on any atom is 0.340 e. The summed E-state index contributed by atoms with van der Waals surface area (Å²) >= 11 is 0. The summed E-state index contributed by atoms with van der Waals surface area (Å²) in [7, 11) is 0. The molecule has 1 aromatic carbocycles. The topological polar surface area (TPSA) is 52.6 Å². The van der Waals surface area contributed by atoms with E-state index in [0.717, 1.165) is 5.56 Å². The zero-order valence-corrected chi connectivity index (χ0v) is 14.9. The molecule has 5 heteroatoms. The average molecular weight is 350 g/mol. The minimum Gasteiger partial charge on any atom is -0.463 e. The van der Waals surface area contributed by atoms with Gasteiger partial charge in [-0.15, -0.1) is 0 Å². The summed E-state index contributed by atoms with van der Waals surface area (Å²) in [5, 5.41) is 0. The number of benzene rings is 1. The van der Waals surface area contributed by atoms with Gasteiger partial charge in [0.05, 0.1) is 6.61 Å². The quantitative estimate of drug-likeness (QED) is 0.335. The number of hydrogen-bond acceptors (Lipinski definition) is 4. The molecule has 0 spiro atoms. The minimum atomic E-state index is -1.62. The van der Waals surface area contributed by atoms with E-state index in [2.05, 4.69) is 0 Å². The van der Waals surface area contributed by atoms with Gasteiger partial charge in [0.1, 0.15) is 6.10 Å². The van der Waals surface area contributed by atoms with Gasteiger partial charge < -0.3 is 9.47 Å². The first-order valence-electron chi connectivity index (χ1n) is 8.81. The Labute approximate surface area is 149 Å². The fourth-order valence-electron chi connectivity index (χ4n) is 2.19. The molecule has 1 atom stereocenters. The van der Waals surface area contributed by atoms with Gasteiger partial charge in [0.25, 0.3) is 0 Å². The molecule has 0 saturated carbocycles. The Bertz CT molecular complexity index is 538. The number of esters is 2. The van der Waals surface area contributed by atoms with Gasteiger partial charge in [-0.05, 0) is 43.7 Å². The smallest absolute Gasteiger partial charge is 0.340 e. The van der Waals surface area contributed by atoms with Crippen molar-refractivity contribution < 1.29 is 23.5 Å². The molecule has 25 heavy (non-hydrogen) atoms. The van der Waals surface area contributed by atoms with E-state index in [1.54, 1.807) is 6.08 Å². The fraction of sp³-hybridized carbons (Fsp3) is 0.500. The van der Waals surface area contributed by atoms with Crippen molar-refractivity contribution in [2.45, 2.75) is 58.2 Å². The molecule has 0 bridgehead atoms. The third-order valence-electron chi connectivity index (χ3n) is 3.76. The molecule has 0 aliphatic carbocycles. The van der Waals surface area contributed by atoms with E-state index in [1.807, 2.05) is 44.2 Å². The fourth-order valence-corrected chi connectivity index (χ4v) is 2.19. The standard InChI is InChI=1S/C20H27FO4/c1-3-17(4-2)25-20(23)18(21)12-8-9-15-24-19(22)14-13-16-10-6-5-7-11-16/h5-7,10-11,13-14,17-18H,3-4,8-9,12,15H2,1-2H3/b14-13+/t18-/m0/s1. The molecular weight excluding hydrogens is 323 g/mol. The Hall–Kier alpha value is -2.17. The van der Waals surface area contributed by atoms with Gasteiger partial charge in [-0.2, -0.15) is 0 Å². The van der Waals surface area contributed by atoms with Crippen LogP contribution in [0.1, 0.15) is 51.5 Å². The van der Waals surface area contributed by atoms with Crippen LogP contribution in [-0.2, 0) is 19.1 Å². The summed E-state index contributed by atoms with van der Waals surface area (Å²) in [4.78, 5) is 23.1. The molecule has 138 valence electrons. The molecule has 0 fully saturated rings. The lowest BCUT2D eigenvalue weighted by Gasteiger charge is -2.15. The molecule has 0 radical (unpaired) electrons. The van der Waals surface area contributed by atoms with Crippen LogP contribution in [0.15, 0.2) is 36.4 Å². The van der Waals surface area contributed by atoms with E-state index < -0.39 is 18.1 Å². The van der Waals surface area contributed by atoms with E-state index in [4.69, 9.17) is 9.47 Å². The third-order valence-corrected chi connectivity index (χ3v) is 3.76. The summed E-state index contributed by atoms with van der Waals surface area (Å²) in [6.45, 7) is 4.00. The predicted molar refractivity (Wildman–Crippen MR) is 95.6 cm³/mol. The van der Waals surface area contributed by atoms with Crippen LogP contribution in [0.5, 0.6) is 0 Å². The molecule has 1 aromatic rings. The van der Waals surface area contributed by atoms with Crippen molar-refractivity contribution >= 4 is 18.0 Å². The summed E-state index contributed by atoms with van der Waals surface area (Å²) in [6.07, 6.45) is 3.60. The summed E-state index contributed by atoms with van der Waals surface area (Å²) in [5.74, 6) is -1.23. The number of halogens is 1. The van der Waals surface area contributed by atoms with E-state index in [1.165, 1.54) is 6.08 Å². The van der Waals surface area contributed by atoms with Crippen LogP contribution >= 0.6 is 0 Å². The number of hydrogen-bond donors (Lipinski definition) is 0. The monoisotopic (exact) mass is 350 g/mol. The SMILES string of the molecule is CCC(CC)OC(=O)[C@@H](F)CCCCOC(=O)/C=C/c1ccccc1. The first kappa shape index (κ1) is 20.9. The van der Waals surface area contributed by atoms with Crippen LogP contribution in [0.25, 0.3) is 6.08 Å². The zero-order chi connectivity index (χ0) is 18.5. The number of ether oxygens (including phenoxy) is 2. The molecule has 4 nitrogen and oxygen atoms in total. The summed E-state index contributed by atoms with van der Waals surface area (Å²) in [5.41, 5.74) is 0.913. The lowest BCUT2D eigenvalue weighted by Crippen LogP contribution is -2.24. The zero-order valence-electron chi connectivity index (χ0n) is 14.9. The molecule has 0 unspecified atom stereocenters. The number of carbonyl (C=O) groups excluding carboxylic acids is 2. The summed E-state index contributed by atoms with van der Waals surface area (Å²) < 4.78 is 23.8.